The Labute approximate surface area is 269 Å². The lowest BCUT2D eigenvalue weighted by atomic mass is 9.85. The SMILES string of the molecule is C1=CC2=C(c3ccccc3)[NH+](c3ccc(-n4c5ccccc5c5c6c7ccccc7oc6c6oc7ccccc7c6c54)cc3)C2C=C1. The zero-order valence-electron chi connectivity index (χ0n) is 25.3. The van der Waals surface area contributed by atoms with E-state index in [4.69, 9.17) is 8.83 Å². The molecule has 3 aromatic heterocycles. The third-order valence-corrected chi connectivity index (χ3v) is 10.2. The molecule has 0 amide bonds. The van der Waals surface area contributed by atoms with E-state index in [1.807, 2.05) is 24.3 Å². The van der Waals surface area contributed by atoms with Gasteiger partial charge in [-0.1, -0.05) is 84.9 Å². The van der Waals surface area contributed by atoms with Crippen molar-refractivity contribution in [1.29, 1.82) is 0 Å². The molecule has 2 atom stereocenters. The van der Waals surface area contributed by atoms with Gasteiger partial charge in [0.2, 0.25) is 0 Å². The molecule has 220 valence electrons. The Kier molecular flexibility index (Phi) is 4.93. The maximum Gasteiger partial charge on any atom is 0.180 e. The summed E-state index contributed by atoms with van der Waals surface area (Å²) in [7, 11) is 0. The second kappa shape index (κ2) is 9.23. The van der Waals surface area contributed by atoms with E-state index in [0.29, 0.717) is 6.04 Å². The molecule has 0 bridgehead atoms. The molecule has 1 aliphatic carbocycles. The summed E-state index contributed by atoms with van der Waals surface area (Å²) >= 11 is 0. The minimum Gasteiger partial charge on any atom is -0.452 e. The third kappa shape index (κ3) is 3.29. The average molecular weight is 604 g/mol. The van der Waals surface area contributed by atoms with Gasteiger partial charge in [0.05, 0.1) is 22.0 Å². The number of para-hydroxylation sites is 3. The molecule has 0 fully saturated rings. The van der Waals surface area contributed by atoms with Crippen molar-refractivity contribution < 1.29 is 13.7 Å². The smallest absolute Gasteiger partial charge is 0.180 e. The van der Waals surface area contributed by atoms with Crippen LogP contribution in [0.5, 0.6) is 0 Å². The van der Waals surface area contributed by atoms with E-state index in [-0.39, 0.29) is 0 Å². The number of furan rings is 2. The molecule has 1 aliphatic heterocycles. The van der Waals surface area contributed by atoms with E-state index in [1.165, 1.54) is 38.2 Å². The largest absolute Gasteiger partial charge is 0.452 e. The fourth-order valence-corrected chi connectivity index (χ4v) is 8.20. The Morgan fingerprint density at radius 1 is 0.553 bits per heavy atom. The molecule has 0 saturated carbocycles. The second-order valence-electron chi connectivity index (χ2n) is 12.6. The second-order valence-corrected chi connectivity index (χ2v) is 12.6. The lowest BCUT2D eigenvalue weighted by molar-refractivity contribution is -0.788. The Balaban J connectivity index is 1.21. The van der Waals surface area contributed by atoms with Crippen molar-refractivity contribution >= 4 is 77.1 Å². The lowest BCUT2D eigenvalue weighted by Gasteiger charge is -2.39. The van der Waals surface area contributed by atoms with Crippen LogP contribution in [0.15, 0.2) is 166 Å². The summed E-state index contributed by atoms with van der Waals surface area (Å²) in [4.78, 5) is 1.38. The van der Waals surface area contributed by atoms with Crippen LogP contribution in [-0.4, -0.2) is 10.6 Å². The van der Waals surface area contributed by atoms with E-state index in [2.05, 4.69) is 132 Å². The fourth-order valence-electron chi connectivity index (χ4n) is 8.20. The highest BCUT2D eigenvalue weighted by atomic mass is 16.4. The molecule has 6 aromatic carbocycles. The molecule has 9 aromatic rings. The van der Waals surface area contributed by atoms with Crippen molar-refractivity contribution in [2.75, 3.05) is 0 Å². The van der Waals surface area contributed by atoms with Gasteiger partial charge in [-0.2, -0.15) is 0 Å². The van der Waals surface area contributed by atoms with Crippen LogP contribution in [0.4, 0.5) is 5.69 Å². The summed E-state index contributed by atoms with van der Waals surface area (Å²) in [6, 6.07) is 45.6. The first kappa shape index (κ1) is 25.1. The first-order valence-electron chi connectivity index (χ1n) is 16.2. The molecule has 0 saturated heterocycles. The van der Waals surface area contributed by atoms with Gasteiger partial charge in [-0.15, -0.1) is 0 Å². The van der Waals surface area contributed by atoms with Crippen LogP contribution >= 0.6 is 0 Å². The highest BCUT2D eigenvalue weighted by Crippen LogP contribution is 2.48. The van der Waals surface area contributed by atoms with E-state index in [0.717, 1.165) is 60.6 Å². The predicted molar refractivity (Wildman–Crippen MR) is 191 cm³/mol. The van der Waals surface area contributed by atoms with Crippen LogP contribution in [-0.2, 0) is 0 Å². The Hall–Kier alpha value is -6.10. The minimum atomic E-state index is 0.314. The topological polar surface area (TPSA) is 35.7 Å². The lowest BCUT2D eigenvalue weighted by Crippen LogP contribution is -3.13. The molecular weight excluding hydrogens is 576 g/mol. The molecule has 4 heteroatoms. The highest BCUT2D eigenvalue weighted by molar-refractivity contribution is 6.38. The van der Waals surface area contributed by atoms with Gasteiger partial charge < -0.3 is 13.4 Å². The number of rotatable bonds is 3. The maximum atomic E-state index is 6.64. The van der Waals surface area contributed by atoms with Gasteiger partial charge in [0.15, 0.2) is 16.9 Å². The number of nitrogens with one attached hydrogen (secondary N) is 1. The number of benzene rings is 6. The summed E-state index contributed by atoms with van der Waals surface area (Å²) in [6.45, 7) is 0. The Morgan fingerprint density at radius 2 is 1.19 bits per heavy atom. The van der Waals surface area contributed by atoms with Gasteiger partial charge in [-0.25, -0.2) is 0 Å². The van der Waals surface area contributed by atoms with Crippen LogP contribution in [0.3, 0.4) is 0 Å². The first-order valence-corrected chi connectivity index (χ1v) is 16.2. The zero-order chi connectivity index (χ0) is 30.6. The Morgan fingerprint density at radius 3 is 1.96 bits per heavy atom. The quantitative estimate of drug-likeness (QED) is 0.218. The van der Waals surface area contributed by atoms with Crippen molar-refractivity contribution in [3.05, 3.63) is 163 Å². The van der Waals surface area contributed by atoms with Gasteiger partial charge >= 0.3 is 0 Å². The number of allylic oxidation sites excluding steroid dienone is 2. The number of hydrogen-bond acceptors (Lipinski definition) is 2. The summed E-state index contributed by atoms with van der Waals surface area (Å²) in [5, 5.41) is 6.75. The molecule has 0 spiro atoms. The van der Waals surface area contributed by atoms with Gasteiger partial charge in [0, 0.05) is 50.3 Å². The summed E-state index contributed by atoms with van der Waals surface area (Å²) in [5.74, 6) is 0. The maximum absolute atomic E-state index is 6.64. The van der Waals surface area contributed by atoms with Gasteiger partial charge in [-0.3, -0.25) is 4.90 Å². The van der Waals surface area contributed by atoms with Crippen molar-refractivity contribution in [1.82, 2.24) is 4.57 Å². The monoisotopic (exact) mass is 603 g/mol. The van der Waals surface area contributed by atoms with Crippen LogP contribution < -0.4 is 4.90 Å². The summed E-state index contributed by atoms with van der Waals surface area (Å²) < 4.78 is 15.7. The van der Waals surface area contributed by atoms with Crippen LogP contribution in [0.25, 0.3) is 77.1 Å². The van der Waals surface area contributed by atoms with E-state index < -0.39 is 0 Å². The van der Waals surface area contributed by atoms with E-state index in [9.17, 15) is 0 Å². The normalized spacial score (nSPS) is 17.5. The fraction of sp³-hybridized carbons (Fsp3) is 0.0233. The molecule has 2 unspecified atom stereocenters. The van der Waals surface area contributed by atoms with E-state index in [1.54, 1.807) is 0 Å². The number of hydrogen-bond donors (Lipinski definition) is 1. The molecule has 4 heterocycles. The first-order chi connectivity index (χ1) is 23.3. The van der Waals surface area contributed by atoms with E-state index >= 15 is 0 Å². The van der Waals surface area contributed by atoms with Gasteiger partial charge in [-0.05, 0) is 54.6 Å². The van der Waals surface area contributed by atoms with Crippen LogP contribution in [0.2, 0.25) is 0 Å². The van der Waals surface area contributed by atoms with Crippen LogP contribution in [0, 0.1) is 0 Å². The molecule has 0 radical (unpaired) electrons. The molecule has 4 nitrogen and oxygen atoms in total. The number of fused-ring (bicyclic) bond motifs is 13. The standard InChI is InChI=1S/C43H26N2O2/c1-2-12-26(13-3-1)40-30-15-5-9-19-34(30)44(40)27-22-24-28(25-23-27)45-33-18-8-4-14-29(33)37-38-31-16-6-10-20-35(31)46-42(38)43-39(41(37)45)32-17-7-11-21-36(32)47-43/h1-25,34H/p+1. The van der Waals surface area contributed by atoms with Crippen molar-refractivity contribution in [2.24, 2.45) is 0 Å². The third-order valence-electron chi connectivity index (χ3n) is 10.2. The highest BCUT2D eigenvalue weighted by Gasteiger charge is 2.43. The average Bonchev–Trinajstić information content (AvgIpc) is 3.79. The van der Waals surface area contributed by atoms with Crippen molar-refractivity contribution in [2.45, 2.75) is 6.04 Å². The van der Waals surface area contributed by atoms with Gasteiger partial charge in [0.1, 0.15) is 22.9 Å². The molecular formula is C43H27N2O2+. The van der Waals surface area contributed by atoms with Gasteiger partial charge in [0.25, 0.3) is 0 Å². The number of aromatic nitrogens is 1. The molecule has 11 rings (SSSR count). The van der Waals surface area contributed by atoms with Crippen molar-refractivity contribution in [3.63, 3.8) is 0 Å². The predicted octanol–water partition coefficient (Wildman–Crippen LogP) is 10.0. The molecule has 47 heavy (non-hydrogen) atoms. The molecule has 2 aliphatic rings. The number of quaternary nitrogens is 1. The molecule has 1 N–H and O–H groups in total. The summed E-state index contributed by atoms with van der Waals surface area (Å²) in [6.07, 6.45) is 8.91. The summed E-state index contributed by atoms with van der Waals surface area (Å²) in [5.41, 5.74) is 12.0. The Bertz CT molecular complexity index is 2840. The number of nitrogens with zero attached hydrogens (tertiary/aromatic N) is 1. The van der Waals surface area contributed by atoms with Crippen molar-refractivity contribution in [3.8, 4) is 5.69 Å². The minimum absolute atomic E-state index is 0.314. The zero-order valence-corrected chi connectivity index (χ0v) is 25.3. The van der Waals surface area contributed by atoms with Crippen LogP contribution in [0.1, 0.15) is 5.56 Å².